The second-order valence-electron chi connectivity index (χ2n) is 5.92. The average molecular weight is 247 g/mol. The van der Waals surface area contributed by atoms with Crippen molar-refractivity contribution in [3.63, 3.8) is 0 Å². The van der Waals surface area contributed by atoms with E-state index in [0.29, 0.717) is 6.42 Å². The molecule has 0 radical (unpaired) electrons. The Hall–Kier alpha value is -1.35. The first-order valence-electron chi connectivity index (χ1n) is 6.44. The van der Waals surface area contributed by atoms with Gasteiger partial charge in [-0.2, -0.15) is 0 Å². The molecule has 1 heterocycles. The van der Waals surface area contributed by atoms with Gasteiger partial charge >= 0.3 is 5.97 Å². The Balaban J connectivity index is 2.09. The number of esters is 1. The van der Waals surface area contributed by atoms with Crippen molar-refractivity contribution in [2.75, 3.05) is 6.54 Å². The molecule has 1 aliphatic rings. The SMILES string of the molecule is CC(C)(C)OC(=O)[C@@]1(Cc2ccccc2)CCN1. The Kier molecular flexibility index (Phi) is 3.44. The summed E-state index contributed by atoms with van der Waals surface area (Å²) in [4.78, 5) is 12.3. The van der Waals surface area contributed by atoms with Crippen LogP contribution in [0, 0.1) is 0 Å². The van der Waals surface area contributed by atoms with Gasteiger partial charge in [-0.1, -0.05) is 30.3 Å². The molecule has 0 unspecified atom stereocenters. The van der Waals surface area contributed by atoms with Crippen LogP contribution in [0.1, 0.15) is 32.8 Å². The first kappa shape index (κ1) is 13.1. The fraction of sp³-hybridized carbons (Fsp3) is 0.533. The van der Waals surface area contributed by atoms with Crippen LogP contribution in [0.25, 0.3) is 0 Å². The molecule has 1 aromatic carbocycles. The van der Waals surface area contributed by atoms with E-state index in [-0.39, 0.29) is 5.97 Å². The van der Waals surface area contributed by atoms with Gasteiger partial charge in [-0.05, 0) is 39.3 Å². The molecule has 3 nitrogen and oxygen atoms in total. The van der Waals surface area contributed by atoms with E-state index in [1.165, 1.54) is 0 Å². The molecule has 3 heteroatoms. The van der Waals surface area contributed by atoms with E-state index in [2.05, 4.69) is 5.32 Å². The highest BCUT2D eigenvalue weighted by Crippen LogP contribution is 2.27. The number of carbonyl (C=O) groups is 1. The first-order chi connectivity index (χ1) is 8.41. The fourth-order valence-electron chi connectivity index (χ4n) is 2.14. The summed E-state index contributed by atoms with van der Waals surface area (Å²) in [6.07, 6.45) is 1.54. The van der Waals surface area contributed by atoms with Gasteiger partial charge in [0.2, 0.25) is 0 Å². The summed E-state index contributed by atoms with van der Waals surface area (Å²) in [5, 5.41) is 3.26. The van der Waals surface area contributed by atoms with Crippen LogP contribution in [-0.4, -0.2) is 23.7 Å². The number of hydrogen-bond acceptors (Lipinski definition) is 3. The molecule has 1 aromatic rings. The van der Waals surface area contributed by atoms with Gasteiger partial charge in [-0.3, -0.25) is 4.79 Å². The van der Waals surface area contributed by atoms with Crippen LogP contribution in [0.15, 0.2) is 30.3 Å². The number of rotatable bonds is 3. The lowest BCUT2D eigenvalue weighted by Gasteiger charge is -2.42. The topological polar surface area (TPSA) is 38.3 Å². The summed E-state index contributed by atoms with van der Waals surface area (Å²) in [6, 6.07) is 10.1. The van der Waals surface area contributed by atoms with Gasteiger partial charge in [0, 0.05) is 6.42 Å². The van der Waals surface area contributed by atoms with Crippen molar-refractivity contribution >= 4 is 5.97 Å². The van der Waals surface area contributed by atoms with Crippen LogP contribution in [0.3, 0.4) is 0 Å². The number of benzene rings is 1. The molecule has 1 atom stereocenters. The maximum Gasteiger partial charge on any atom is 0.327 e. The molecular weight excluding hydrogens is 226 g/mol. The van der Waals surface area contributed by atoms with E-state index in [1.54, 1.807) is 0 Å². The van der Waals surface area contributed by atoms with Crippen LogP contribution >= 0.6 is 0 Å². The second kappa shape index (κ2) is 4.73. The van der Waals surface area contributed by atoms with E-state index in [1.807, 2.05) is 51.1 Å². The third-order valence-electron chi connectivity index (χ3n) is 3.15. The molecule has 1 N–H and O–H groups in total. The van der Waals surface area contributed by atoms with Gasteiger partial charge < -0.3 is 10.1 Å². The van der Waals surface area contributed by atoms with Gasteiger partial charge in [0.05, 0.1) is 0 Å². The van der Waals surface area contributed by atoms with E-state index in [9.17, 15) is 4.79 Å². The standard InChI is InChI=1S/C15H21NO2/c1-14(2,3)18-13(17)15(9-10-16-15)11-12-7-5-4-6-8-12/h4-8,16H,9-11H2,1-3H3/t15-/m0/s1. The molecule has 0 spiro atoms. The number of hydrogen-bond donors (Lipinski definition) is 1. The highest BCUT2D eigenvalue weighted by molar-refractivity contribution is 5.83. The average Bonchev–Trinajstić information content (AvgIpc) is 2.22. The molecule has 18 heavy (non-hydrogen) atoms. The minimum Gasteiger partial charge on any atom is -0.459 e. The van der Waals surface area contributed by atoms with Crippen molar-refractivity contribution < 1.29 is 9.53 Å². The third kappa shape index (κ3) is 2.91. The number of carbonyl (C=O) groups excluding carboxylic acids is 1. The minimum absolute atomic E-state index is 0.134. The van der Waals surface area contributed by atoms with Crippen LogP contribution in [0.4, 0.5) is 0 Å². The van der Waals surface area contributed by atoms with Crippen LogP contribution in [-0.2, 0) is 16.0 Å². The number of ether oxygens (including phenoxy) is 1. The van der Waals surface area contributed by atoms with E-state index in [0.717, 1.165) is 18.5 Å². The summed E-state index contributed by atoms with van der Waals surface area (Å²) in [6.45, 7) is 6.59. The summed E-state index contributed by atoms with van der Waals surface area (Å²) in [5.41, 5.74) is 0.211. The quantitative estimate of drug-likeness (QED) is 0.833. The molecule has 0 saturated carbocycles. The molecule has 0 aliphatic carbocycles. The smallest absolute Gasteiger partial charge is 0.327 e. The lowest BCUT2D eigenvalue weighted by Crippen LogP contribution is -2.65. The van der Waals surface area contributed by atoms with Crippen LogP contribution < -0.4 is 5.32 Å². The molecule has 0 bridgehead atoms. The zero-order valence-corrected chi connectivity index (χ0v) is 11.3. The predicted molar refractivity (Wildman–Crippen MR) is 71.3 cm³/mol. The van der Waals surface area contributed by atoms with Crippen molar-refractivity contribution in [1.29, 1.82) is 0 Å². The highest BCUT2D eigenvalue weighted by atomic mass is 16.6. The van der Waals surface area contributed by atoms with E-state index < -0.39 is 11.1 Å². The van der Waals surface area contributed by atoms with Crippen molar-refractivity contribution in [3.8, 4) is 0 Å². The Morgan fingerprint density at radius 1 is 1.33 bits per heavy atom. The lowest BCUT2D eigenvalue weighted by molar-refractivity contribution is -0.166. The van der Waals surface area contributed by atoms with Gasteiger partial charge in [-0.25, -0.2) is 0 Å². The predicted octanol–water partition coefficient (Wildman–Crippen LogP) is 2.30. The Bertz CT molecular complexity index is 416. The zero-order valence-electron chi connectivity index (χ0n) is 11.3. The molecule has 0 aromatic heterocycles. The van der Waals surface area contributed by atoms with Gasteiger partial charge in [-0.15, -0.1) is 0 Å². The van der Waals surface area contributed by atoms with Gasteiger partial charge in [0.25, 0.3) is 0 Å². The number of nitrogens with one attached hydrogen (secondary N) is 1. The second-order valence-corrected chi connectivity index (χ2v) is 5.92. The molecule has 0 amide bonds. The Labute approximate surface area is 109 Å². The van der Waals surface area contributed by atoms with Crippen LogP contribution in [0.5, 0.6) is 0 Å². The van der Waals surface area contributed by atoms with Crippen molar-refractivity contribution in [1.82, 2.24) is 5.32 Å². The summed E-state index contributed by atoms with van der Waals surface area (Å²) in [7, 11) is 0. The summed E-state index contributed by atoms with van der Waals surface area (Å²) < 4.78 is 5.52. The monoisotopic (exact) mass is 247 g/mol. The zero-order chi connectivity index (χ0) is 13.2. The van der Waals surface area contributed by atoms with E-state index >= 15 is 0 Å². The molecule has 1 fully saturated rings. The molecule has 98 valence electrons. The van der Waals surface area contributed by atoms with Gasteiger partial charge in [0.1, 0.15) is 11.1 Å². The first-order valence-corrected chi connectivity index (χ1v) is 6.44. The summed E-state index contributed by atoms with van der Waals surface area (Å²) >= 11 is 0. The van der Waals surface area contributed by atoms with Crippen molar-refractivity contribution in [2.45, 2.75) is 44.8 Å². The largest absolute Gasteiger partial charge is 0.459 e. The molecule has 1 saturated heterocycles. The van der Waals surface area contributed by atoms with Crippen molar-refractivity contribution in [2.24, 2.45) is 0 Å². The highest BCUT2D eigenvalue weighted by Gasteiger charge is 2.46. The van der Waals surface area contributed by atoms with Crippen LogP contribution in [0.2, 0.25) is 0 Å². The molecular formula is C15H21NO2. The van der Waals surface area contributed by atoms with E-state index in [4.69, 9.17) is 4.74 Å². The molecule has 2 rings (SSSR count). The Morgan fingerprint density at radius 3 is 2.39 bits per heavy atom. The summed E-state index contributed by atoms with van der Waals surface area (Å²) in [5.74, 6) is -0.134. The Morgan fingerprint density at radius 2 is 1.94 bits per heavy atom. The minimum atomic E-state index is -0.519. The maximum atomic E-state index is 12.3. The van der Waals surface area contributed by atoms with Crippen molar-refractivity contribution in [3.05, 3.63) is 35.9 Å². The molecule has 1 aliphatic heterocycles. The van der Waals surface area contributed by atoms with Gasteiger partial charge in [0.15, 0.2) is 0 Å². The fourth-order valence-corrected chi connectivity index (χ4v) is 2.14. The third-order valence-corrected chi connectivity index (χ3v) is 3.15. The maximum absolute atomic E-state index is 12.3. The normalized spacial score (nSPS) is 23.3. The lowest BCUT2D eigenvalue weighted by atomic mass is 9.81.